The molecule has 0 atom stereocenters. The molecule has 2 aromatic rings. The van der Waals surface area contributed by atoms with E-state index >= 15 is 0 Å². The van der Waals surface area contributed by atoms with Crippen molar-refractivity contribution in [2.24, 2.45) is 12.8 Å². The number of hydrogen-bond acceptors (Lipinski definition) is 3. The van der Waals surface area contributed by atoms with Crippen LogP contribution in [0.15, 0.2) is 30.5 Å². The van der Waals surface area contributed by atoms with Crippen LogP contribution in [0.1, 0.15) is 34.1 Å². The van der Waals surface area contributed by atoms with Gasteiger partial charge in [0.2, 0.25) is 0 Å². The highest BCUT2D eigenvalue weighted by Gasteiger charge is 2.09. The zero-order valence-electron chi connectivity index (χ0n) is 12.3. The van der Waals surface area contributed by atoms with E-state index in [1.807, 2.05) is 25.4 Å². The molecule has 0 unspecified atom stereocenters. The molecule has 0 saturated carbocycles. The number of benzene rings is 1. The number of rotatable bonds is 5. The molecule has 3 N–H and O–H groups in total. The molecule has 1 aromatic carbocycles. The predicted molar refractivity (Wildman–Crippen MR) is 85.3 cm³/mol. The van der Waals surface area contributed by atoms with E-state index in [4.69, 9.17) is 5.73 Å². The van der Waals surface area contributed by atoms with E-state index in [0.717, 1.165) is 23.2 Å². The van der Waals surface area contributed by atoms with E-state index in [1.54, 1.807) is 16.8 Å². The Hall–Kier alpha value is -1.85. The first-order chi connectivity index (χ1) is 9.63. The van der Waals surface area contributed by atoms with Crippen LogP contribution < -0.4 is 11.1 Å². The minimum Gasteiger partial charge on any atom is -0.348 e. The molecule has 6 heteroatoms. The van der Waals surface area contributed by atoms with Crippen LogP contribution in [0.25, 0.3) is 0 Å². The molecule has 0 fully saturated rings. The second-order valence-electron chi connectivity index (χ2n) is 4.71. The first-order valence-electron chi connectivity index (χ1n) is 6.72. The van der Waals surface area contributed by atoms with Crippen molar-refractivity contribution < 1.29 is 4.79 Å². The van der Waals surface area contributed by atoms with E-state index in [0.29, 0.717) is 18.7 Å². The van der Waals surface area contributed by atoms with Crippen LogP contribution in [-0.2, 0) is 26.6 Å². The second kappa shape index (κ2) is 7.81. The Balaban J connectivity index is 0.00000220. The topological polar surface area (TPSA) is 72.9 Å². The van der Waals surface area contributed by atoms with Gasteiger partial charge in [0.25, 0.3) is 5.91 Å². The molecule has 0 saturated heterocycles. The van der Waals surface area contributed by atoms with Crippen LogP contribution in [0.4, 0.5) is 0 Å². The SMILES string of the molecule is CCc1nn(C)cc1CNC(=O)c1ccc(CN)cc1.Cl. The monoisotopic (exact) mass is 308 g/mol. The van der Waals surface area contributed by atoms with E-state index in [1.165, 1.54) is 0 Å². The van der Waals surface area contributed by atoms with Gasteiger partial charge in [0.1, 0.15) is 0 Å². The number of carbonyl (C=O) groups is 1. The average molecular weight is 309 g/mol. The fourth-order valence-corrected chi connectivity index (χ4v) is 2.10. The molecule has 0 bridgehead atoms. The number of halogens is 1. The lowest BCUT2D eigenvalue weighted by atomic mass is 10.1. The molecule has 0 spiro atoms. The van der Waals surface area contributed by atoms with Gasteiger partial charge in [-0.05, 0) is 24.1 Å². The van der Waals surface area contributed by atoms with Crippen molar-refractivity contribution in [2.45, 2.75) is 26.4 Å². The van der Waals surface area contributed by atoms with E-state index in [9.17, 15) is 4.79 Å². The van der Waals surface area contributed by atoms with Gasteiger partial charge in [-0.2, -0.15) is 5.10 Å². The molecule has 0 aliphatic heterocycles. The maximum Gasteiger partial charge on any atom is 0.251 e. The van der Waals surface area contributed by atoms with E-state index in [-0.39, 0.29) is 18.3 Å². The highest BCUT2D eigenvalue weighted by Crippen LogP contribution is 2.08. The van der Waals surface area contributed by atoms with Gasteiger partial charge in [-0.25, -0.2) is 0 Å². The van der Waals surface area contributed by atoms with E-state index < -0.39 is 0 Å². The molecule has 0 aliphatic rings. The molecule has 1 heterocycles. The molecular formula is C15H21ClN4O. The third kappa shape index (κ3) is 4.31. The third-order valence-corrected chi connectivity index (χ3v) is 3.22. The van der Waals surface area contributed by atoms with Gasteiger partial charge in [0, 0.05) is 37.5 Å². The van der Waals surface area contributed by atoms with Crippen LogP contribution in [0.3, 0.4) is 0 Å². The lowest BCUT2D eigenvalue weighted by molar-refractivity contribution is 0.0951. The Morgan fingerprint density at radius 3 is 2.57 bits per heavy atom. The minimum atomic E-state index is -0.0838. The summed E-state index contributed by atoms with van der Waals surface area (Å²) in [5.74, 6) is -0.0838. The molecule has 0 aliphatic carbocycles. The number of nitrogens with two attached hydrogens (primary N) is 1. The fourth-order valence-electron chi connectivity index (χ4n) is 2.10. The molecular weight excluding hydrogens is 288 g/mol. The maximum absolute atomic E-state index is 12.1. The predicted octanol–water partition coefficient (Wildman–Crippen LogP) is 1.79. The van der Waals surface area contributed by atoms with Crippen LogP contribution in [0.5, 0.6) is 0 Å². The Morgan fingerprint density at radius 2 is 2.00 bits per heavy atom. The number of nitrogens with zero attached hydrogens (tertiary/aromatic N) is 2. The Kier molecular flexibility index (Phi) is 6.39. The van der Waals surface area contributed by atoms with Gasteiger partial charge in [-0.3, -0.25) is 9.48 Å². The quantitative estimate of drug-likeness (QED) is 0.884. The first kappa shape index (κ1) is 17.2. The summed E-state index contributed by atoms with van der Waals surface area (Å²) in [5, 5.41) is 7.27. The van der Waals surface area contributed by atoms with Crippen molar-refractivity contribution in [2.75, 3.05) is 0 Å². The summed E-state index contributed by atoms with van der Waals surface area (Å²) in [6.45, 7) is 3.03. The summed E-state index contributed by atoms with van der Waals surface area (Å²) < 4.78 is 1.77. The Bertz CT molecular complexity index is 592. The number of carbonyl (C=O) groups excluding carboxylic acids is 1. The Labute approximate surface area is 130 Å². The first-order valence-corrected chi connectivity index (χ1v) is 6.72. The minimum absolute atomic E-state index is 0. The van der Waals surface area contributed by atoms with E-state index in [2.05, 4.69) is 17.3 Å². The van der Waals surface area contributed by atoms with Crippen LogP contribution in [0.2, 0.25) is 0 Å². The highest BCUT2D eigenvalue weighted by atomic mass is 35.5. The molecule has 0 radical (unpaired) electrons. The van der Waals surface area contributed by atoms with Crippen molar-refractivity contribution >= 4 is 18.3 Å². The van der Waals surface area contributed by atoms with Crippen LogP contribution in [0, 0.1) is 0 Å². The molecule has 114 valence electrons. The van der Waals surface area contributed by atoms with Crippen molar-refractivity contribution in [3.63, 3.8) is 0 Å². The van der Waals surface area contributed by atoms with Crippen molar-refractivity contribution in [1.82, 2.24) is 15.1 Å². The lowest BCUT2D eigenvalue weighted by Gasteiger charge is -2.05. The van der Waals surface area contributed by atoms with Crippen LogP contribution >= 0.6 is 12.4 Å². The summed E-state index contributed by atoms with van der Waals surface area (Å²) in [5.41, 5.74) is 9.27. The second-order valence-corrected chi connectivity index (χ2v) is 4.71. The number of aromatic nitrogens is 2. The van der Waals surface area contributed by atoms with Gasteiger partial charge >= 0.3 is 0 Å². The maximum atomic E-state index is 12.1. The number of amides is 1. The fraction of sp³-hybridized carbons (Fsp3) is 0.333. The summed E-state index contributed by atoms with van der Waals surface area (Å²) in [6.07, 6.45) is 2.80. The third-order valence-electron chi connectivity index (χ3n) is 3.22. The van der Waals surface area contributed by atoms with Gasteiger partial charge in [-0.1, -0.05) is 19.1 Å². The number of hydrogen-bond donors (Lipinski definition) is 2. The zero-order chi connectivity index (χ0) is 14.5. The van der Waals surface area contributed by atoms with Crippen molar-refractivity contribution in [3.05, 3.63) is 52.8 Å². The Morgan fingerprint density at radius 1 is 1.33 bits per heavy atom. The average Bonchev–Trinajstić information content (AvgIpc) is 2.85. The molecule has 21 heavy (non-hydrogen) atoms. The molecule has 1 amide bonds. The number of nitrogens with one attached hydrogen (secondary N) is 1. The van der Waals surface area contributed by atoms with Crippen molar-refractivity contribution in [1.29, 1.82) is 0 Å². The van der Waals surface area contributed by atoms with Gasteiger partial charge in [0.05, 0.1) is 5.69 Å². The molecule has 5 nitrogen and oxygen atoms in total. The zero-order valence-corrected chi connectivity index (χ0v) is 13.1. The smallest absolute Gasteiger partial charge is 0.251 e. The number of aryl methyl sites for hydroxylation is 2. The normalized spacial score (nSPS) is 10.0. The molecule has 2 rings (SSSR count). The highest BCUT2D eigenvalue weighted by molar-refractivity contribution is 5.94. The van der Waals surface area contributed by atoms with Crippen LogP contribution in [-0.4, -0.2) is 15.7 Å². The summed E-state index contributed by atoms with van der Waals surface area (Å²) in [6, 6.07) is 7.33. The summed E-state index contributed by atoms with van der Waals surface area (Å²) >= 11 is 0. The van der Waals surface area contributed by atoms with Crippen molar-refractivity contribution in [3.8, 4) is 0 Å². The summed E-state index contributed by atoms with van der Waals surface area (Å²) in [7, 11) is 1.88. The van der Waals surface area contributed by atoms with Gasteiger partial charge < -0.3 is 11.1 Å². The largest absolute Gasteiger partial charge is 0.348 e. The van der Waals surface area contributed by atoms with Gasteiger partial charge in [-0.15, -0.1) is 12.4 Å². The standard InChI is InChI=1S/C15H20N4O.ClH/c1-3-14-13(10-19(2)18-14)9-17-15(20)12-6-4-11(8-16)5-7-12;/h4-7,10H,3,8-9,16H2,1-2H3,(H,17,20);1H. The summed E-state index contributed by atoms with van der Waals surface area (Å²) in [4.78, 5) is 12.1. The van der Waals surface area contributed by atoms with Gasteiger partial charge in [0.15, 0.2) is 0 Å². The molecule has 1 aromatic heterocycles. The lowest BCUT2D eigenvalue weighted by Crippen LogP contribution is -2.23.